The summed E-state index contributed by atoms with van der Waals surface area (Å²) in [6.45, 7) is 0. The van der Waals surface area contributed by atoms with E-state index in [1.54, 1.807) is 17.7 Å². The molecule has 0 saturated heterocycles. The van der Waals surface area contributed by atoms with Gasteiger partial charge in [0.05, 0.1) is 23.4 Å². The van der Waals surface area contributed by atoms with Crippen LogP contribution in [0.5, 0.6) is 5.75 Å². The van der Waals surface area contributed by atoms with Crippen molar-refractivity contribution in [2.24, 2.45) is 4.99 Å². The largest absolute Gasteiger partial charge is 0.496 e. The molecule has 174 valence electrons. The fraction of sp³-hybridized carbons (Fsp3) is 0.143. The third kappa shape index (κ3) is 3.79. The van der Waals surface area contributed by atoms with Gasteiger partial charge in [-0.1, -0.05) is 63.7 Å². The highest BCUT2D eigenvalue weighted by atomic mass is 79.9. The smallest absolute Gasteiger partial charge is 0.271 e. The van der Waals surface area contributed by atoms with Crippen molar-refractivity contribution >= 4 is 39.0 Å². The molecule has 3 aromatic carbocycles. The summed E-state index contributed by atoms with van der Waals surface area (Å²) in [5.74, 6) is 0.354. The molecule has 6 rings (SSSR count). The van der Waals surface area contributed by atoms with Crippen molar-refractivity contribution in [3.8, 4) is 5.75 Å². The number of aryl methyl sites for hydroxylation is 1. The second-order valence-corrected chi connectivity index (χ2v) is 10.5. The van der Waals surface area contributed by atoms with Crippen molar-refractivity contribution in [2.75, 3.05) is 7.11 Å². The highest BCUT2D eigenvalue weighted by Crippen LogP contribution is 2.41. The Labute approximate surface area is 213 Å². The highest BCUT2D eigenvalue weighted by Gasteiger charge is 2.32. The van der Waals surface area contributed by atoms with E-state index in [1.807, 2.05) is 42.5 Å². The van der Waals surface area contributed by atoms with Crippen molar-refractivity contribution < 1.29 is 9.13 Å². The Bertz CT molecular complexity index is 1700. The number of fused-ring (bicyclic) bond motifs is 3. The summed E-state index contributed by atoms with van der Waals surface area (Å²) in [4.78, 5) is 19.4. The number of methoxy groups -OCH3 is 1. The van der Waals surface area contributed by atoms with Gasteiger partial charge in [0.25, 0.3) is 5.56 Å². The van der Waals surface area contributed by atoms with Gasteiger partial charge in [-0.25, -0.2) is 9.38 Å². The second kappa shape index (κ2) is 8.73. The summed E-state index contributed by atoms with van der Waals surface area (Å²) < 4.78 is 23.0. The molecule has 1 aromatic heterocycles. The van der Waals surface area contributed by atoms with Crippen molar-refractivity contribution in [1.82, 2.24) is 4.57 Å². The van der Waals surface area contributed by atoms with Crippen molar-refractivity contribution in [3.63, 3.8) is 0 Å². The summed E-state index contributed by atoms with van der Waals surface area (Å²) in [6, 6.07) is 20.1. The monoisotopic (exact) mass is 546 g/mol. The number of thiazole rings is 1. The van der Waals surface area contributed by atoms with Crippen LogP contribution in [-0.4, -0.2) is 11.7 Å². The zero-order valence-corrected chi connectivity index (χ0v) is 21.2. The molecule has 1 atom stereocenters. The number of hydrogen-bond acceptors (Lipinski definition) is 4. The van der Waals surface area contributed by atoms with E-state index in [2.05, 4.69) is 28.1 Å². The van der Waals surface area contributed by atoms with Crippen molar-refractivity contribution in [1.29, 1.82) is 0 Å². The summed E-state index contributed by atoms with van der Waals surface area (Å²) in [5.41, 5.74) is 5.67. The predicted molar refractivity (Wildman–Crippen MR) is 140 cm³/mol. The van der Waals surface area contributed by atoms with E-state index in [0.717, 1.165) is 45.3 Å². The van der Waals surface area contributed by atoms with Gasteiger partial charge in [-0.3, -0.25) is 9.36 Å². The zero-order chi connectivity index (χ0) is 24.1. The SMILES string of the molecule is COc1ccc(Br)cc1C=c1sc2n(c1=O)C(c1cccc(F)c1)C1=C(N=2)c2ccccc2CC1. The summed E-state index contributed by atoms with van der Waals surface area (Å²) in [6.07, 6.45) is 3.46. The lowest BCUT2D eigenvalue weighted by Gasteiger charge is -2.30. The lowest BCUT2D eigenvalue weighted by Crippen LogP contribution is -2.38. The fourth-order valence-corrected chi connectivity index (χ4v) is 6.33. The Morgan fingerprint density at radius 1 is 1.11 bits per heavy atom. The van der Waals surface area contributed by atoms with E-state index < -0.39 is 6.04 Å². The fourth-order valence-electron chi connectivity index (χ4n) is 4.96. The molecule has 2 heterocycles. The number of allylic oxidation sites excluding steroid dienone is 1. The number of hydrogen-bond donors (Lipinski definition) is 0. The number of halogens is 2. The Hall–Kier alpha value is -3.29. The molecule has 4 nitrogen and oxygen atoms in total. The van der Waals surface area contributed by atoms with Crippen LogP contribution in [0.3, 0.4) is 0 Å². The molecule has 0 amide bonds. The van der Waals surface area contributed by atoms with Crippen LogP contribution in [0.15, 0.2) is 86.6 Å². The number of benzene rings is 3. The van der Waals surface area contributed by atoms with Crippen LogP contribution in [0.25, 0.3) is 11.8 Å². The number of aromatic nitrogens is 1. The van der Waals surface area contributed by atoms with E-state index >= 15 is 0 Å². The Morgan fingerprint density at radius 3 is 2.80 bits per heavy atom. The van der Waals surface area contributed by atoms with Crippen LogP contribution in [0, 0.1) is 5.82 Å². The maximum Gasteiger partial charge on any atom is 0.271 e. The minimum absolute atomic E-state index is 0.143. The second-order valence-electron chi connectivity index (χ2n) is 8.55. The van der Waals surface area contributed by atoms with Gasteiger partial charge in [0.15, 0.2) is 4.80 Å². The molecule has 0 N–H and O–H groups in total. The molecule has 1 unspecified atom stereocenters. The van der Waals surface area contributed by atoms with Crippen LogP contribution in [0.4, 0.5) is 4.39 Å². The molecule has 0 fully saturated rings. The maximum atomic E-state index is 14.3. The van der Waals surface area contributed by atoms with Gasteiger partial charge in [0.1, 0.15) is 11.6 Å². The molecule has 0 bridgehead atoms. The minimum Gasteiger partial charge on any atom is -0.496 e. The normalized spacial score (nSPS) is 16.9. The first-order valence-electron chi connectivity index (χ1n) is 11.3. The third-order valence-electron chi connectivity index (χ3n) is 6.52. The van der Waals surface area contributed by atoms with Gasteiger partial charge < -0.3 is 4.74 Å². The van der Waals surface area contributed by atoms with E-state index in [-0.39, 0.29) is 11.4 Å². The van der Waals surface area contributed by atoms with Crippen LogP contribution < -0.4 is 19.6 Å². The van der Waals surface area contributed by atoms with Crippen LogP contribution in [0.2, 0.25) is 0 Å². The Morgan fingerprint density at radius 2 is 1.97 bits per heavy atom. The first-order chi connectivity index (χ1) is 17.0. The summed E-state index contributed by atoms with van der Waals surface area (Å²) >= 11 is 4.85. The third-order valence-corrected chi connectivity index (χ3v) is 7.99. The molecule has 4 aromatic rings. The molecule has 2 aliphatic rings. The van der Waals surface area contributed by atoms with Crippen LogP contribution in [-0.2, 0) is 6.42 Å². The average molecular weight is 547 g/mol. The van der Waals surface area contributed by atoms with E-state index in [4.69, 9.17) is 9.73 Å². The van der Waals surface area contributed by atoms with Gasteiger partial charge in [-0.05, 0) is 65.9 Å². The first kappa shape index (κ1) is 22.2. The minimum atomic E-state index is -0.406. The van der Waals surface area contributed by atoms with Gasteiger partial charge in [0, 0.05) is 15.6 Å². The maximum absolute atomic E-state index is 14.3. The van der Waals surface area contributed by atoms with E-state index in [0.29, 0.717) is 15.1 Å². The lowest BCUT2D eigenvalue weighted by atomic mass is 9.83. The first-order valence-corrected chi connectivity index (χ1v) is 12.9. The molecular weight excluding hydrogens is 527 g/mol. The van der Waals surface area contributed by atoms with Crippen molar-refractivity contribution in [3.05, 3.63) is 125 Å². The zero-order valence-electron chi connectivity index (χ0n) is 18.8. The van der Waals surface area contributed by atoms with Crippen LogP contribution >= 0.6 is 27.3 Å². The quantitative estimate of drug-likeness (QED) is 0.353. The molecule has 0 radical (unpaired) electrons. The Kier molecular flexibility index (Phi) is 5.54. The van der Waals surface area contributed by atoms with E-state index in [9.17, 15) is 9.18 Å². The molecular formula is C28H20BrFN2O2S. The number of ether oxygens (including phenoxy) is 1. The number of nitrogens with zero attached hydrogens (tertiary/aromatic N) is 2. The van der Waals surface area contributed by atoms with Gasteiger partial charge in [-0.2, -0.15) is 0 Å². The molecule has 7 heteroatoms. The average Bonchev–Trinajstić information content (AvgIpc) is 3.17. The number of rotatable bonds is 3. The van der Waals surface area contributed by atoms with Gasteiger partial charge >= 0.3 is 0 Å². The van der Waals surface area contributed by atoms with Crippen LogP contribution in [0.1, 0.15) is 34.7 Å². The molecule has 1 aliphatic heterocycles. The predicted octanol–water partition coefficient (Wildman–Crippen LogP) is 5.23. The topological polar surface area (TPSA) is 43.6 Å². The Balaban J connectivity index is 1.64. The standard InChI is InChI=1S/C28H20BrFN2O2S/c1-34-23-12-10-19(29)13-18(23)15-24-27(33)32-26(17-6-4-7-20(30)14-17)22-11-9-16-5-2-3-8-21(16)25(22)31-28(32)35-24/h2-8,10,12-15,26H,9,11H2,1H3. The lowest BCUT2D eigenvalue weighted by molar-refractivity contribution is 0.413. The van der Waals surface area contributed by atoms with Gasteiger partial charge in [0.2, 0.25) is 0 Å². The summed E-state index contributed by atoms with van der Waals surface area (Å²) in [5, 5.41) is 0. The van der Waals surface area contributed by atoms with Gasteiger partial charge in [-0.15, -0.1) is 0 Å². The summed E-state index contributed by atoms with van der Waals surface area (Å²) in [7, 11) is 1.61. The van der Waals surface area contributed by atoms with E-state index in [1.165, 1.54) is 29.0 Å². The molecule has 35 heavy (non-hydrogen) atoms. The van der Waals surface area contributed by atoms with Crippen molar-refractivity contribution in [2.45, 2.75) is 18.9 Å². The molecule has 0 saturated carbocycles. The molecule has 1 aliphatic carbocycles. The highest BCUT2D eigenvalue weighted by molar-refractivity contribution is 9.10. The molecule has 0 spiro atoms.